The summed E-state index contributed by atoms with van der Waals surface area (Å²) < 4.78 is 10.2. The maximum absolute atomic E-state index is 5.32. The maximum atomic E-state index is 5.32. The van der Waals surface area contributed by atoms with Crippen molar-refractivity contribution in [2.75, 3.05) is 0 Å². The Bertz CT molecular complexity index is 8410. The Labute approximate surface area is 726 Å². The van der Waals surface area contributed by atoms with E-state index in [-0.39, 0.29) is 0 Å². The summed E-state index contributed by atoms with van der Waals surface area (Å²) in [6.07, 6.45) is 1.86. The highest BCUT2D eigenvalue weighted by atomic mass is 32.1. The maximum Gasteiger partial charge on any atom is 0.160 e. The lowest BCUT2D eigenvalue weighted by atomic mass is 9.97. The number of benzene rings is 17. The summed E-state index contributed by atoms with van der Waals surface area (Å²) in [4.78, 5) is 30.4. The highest BCUT2D eigenvalue weighted by Crippen LogP contribution is 2.45. The van der Waals surface area contributed by atoms with E-state index in [1.165, 1.54) is 116 Å². The fourth-order valence-corrected chi connectivity index (χ4v) is 20.9. The molecule has 8 heterocycles. The molecule has 10 heteroatoms. The van der Waals surface area contributed by atoms with Gasteiger partial charge in [0.15, 0.2) is 5.82 Å². The monoisotopic (exact) mass is 1630 g/mol. The number of nitrogens with zero attached hydrogens (tertiary/aromatic N) is 7. The molecule has 17 aromatic carbocycles. The van der Waals surface area contributed by atoms with Crippen molar-refractivity contribution in [2.24, 2.45) is 0 Å². The average molecular weight is 1640 g/mol. The lowest BCUT2D eigenvalue weighted by Crippen LogP contribution is -1.95. The molecule has 0 saturated heterocycles. The molecule has 25 rings (SSSR count). The van der Waals surface area contributed by atoms with Gasteiger partial charge in [-0.2, -0.15) is 0 Å². The van der Waals surface area contributed by atoms with E-state index in [1.807, 2.05) is 94.8 Å². The van der Waals surface area contributed by atoms with E-state index in [2.05, 4.69) is 375 Å². The van der Waals surface area contributed by atoms with Gasteiger partial charge in [0, 0.05) is 127 Å². The fraction of sp³-hybridized carbons (Fsp3) is 0. The SMILES string of the molecule is c1ccc(-c2cccc(-c3ccc(-c4nc5ccccc5nc4-c4ccc5c(c4)sc4ccccc45)cc3)c2)cc1.c1ccc(-c2nc(-c3ccccc3)c3ccc(-c4ccc(-c5ccc6sc7ccccc7c6c5)cc4)cc3n2)cc1.c1ccc(-n2c3ccccc3c3ccc(-c4nc(-c5ccc6c(c5)sc5ccccc56)cc5ncccc45)cc32)cc1. The minimum Gasteiger partial charge on any atom is -0.309 e. The van der Waals surface area contributed by atoms with Gasteiger partial charge >= 0.3 is 0 Å². The van der Waals surface area contributed by atoms with Crippen molar-refractivity contribution in [3.63, 3.8) is 0 Å². The van der Waals surface area contributed by atoms with Crippen molar-refractivity contribution in [3.8, 4) is 118 Å². The molecular weight excluding hydrogens is 1560 g/mol. The molecule has 0 fully saturated rings. The summed E-state index contributed by atoms with van der Waals surface area (Å²) in [5, 5.41) is 12.4. The first-order chi connectivity index (χ1) is 61.4. The van der Waals surface area contributed by atoms with Crippen molar-refractivity contribution >= 4 is 149 Å². The van der Waals surface area contributed by atoms with E-state index < -0.39 is 0 Å². The lowest BCUT2D eigenvalue weighted by Gasteiger charge is -2.12. The third kappa shape index (κ3) is 13.7. The summed E-state index contributed by atoms with van der Waals surface area (Å²) in [7, 11) is 0. The van der Waals surface area contributed by atoms with Gasteiger partial charge in [0.1, 0.15) is 0 Å². The number of thiophene rings is 3. The number of rotatable bonds is 11. The second-order valence-corrected chi connectivity index (χ2v) is 34.4. The third-order valence-electron chi connectivity index (χ3n) is 23.6. The molecule has 580 valence electrons. The minimum absolute atomic E-state index is 0.737. The van der Waals surface area contributed by atoms with Crippen LogP contribution in [0.5, 0.6) is 0 Å². The molecule has 0 saturated carbocycles. The second-order valence-electron chi connectivity index (χ2n) is 31.1. The normalized spacial score (nSPS) is 11.5. The molecule has 0 unspecified atom stereocenters. The van der Waals surface area contributed by atoms with Gasteiger partial charge in [-0.1, -0.05) is 309 Å². The zero-order valence-electron chi connectivity index (χ0n) is 66.8. The van der Waals surface area contributed by atoms with Crippen LogP contribution in [0, 0.1) is 0 Å². The molecule has 0 radical (unpaired) electrons. The first kappa shape index (κ1) is 73.6. The predicted molar refractivity (Wildman–Crippen MR) is 526 cm³/mol. The van der Waals surface area contributed by atoms with Crippen molar-refractivity contribution < 1.29 is 0 Å². The number of para-hydroxylation sites is 4. The van der Waals surface area contributed by atoms with Gasteiger partial charge in [0.2, 0.25) is 0 Å². The molecule has 7 nitrogen and oxygen atoms in total. The molecule has 0 atom stereocenters. The average Bonchev–Trinajstić information content (AvgIpc) is 1.48. The summed E-state index contributed by atoms with van der Waals surface area (Å²) in [5.74, 6) is 0.737. The molecule has 0 spiro atoms. The van der Waals surface area contributed by atoms with E-state index in [0.717, 1.165) is 117 Å². The molecule has 0 bridgehead atoms. The van der Waals surface area contributed by atoms with Crippen LogP contribution < -0.4 is 0 Å². The van der Waals surface area contributed by atoms with Crippen LogP contribution in [0.4, 0.5) is 0 Å². The van der Waals surface area contributed by atoms with Gasteiger partial charge < -0.3 is 4.57 Å². The molecule has 0 N–H and O–H groups in total. The highest BCUT2D eigenvalue weighted by molar-refractivity contribution is 7.26. The lowest BCUT2D eigenvalue weighted by molar-refractivity contribution is 1.18. The summed E-state index contributed by atoms with van der Waals surface area (Å²) in [6, 6.07) is 150. The van der Waals surface area contributed by atoms with Crippen LogP contribution in [0.25, 0.3) is 233 Å². The van der Waals surface area contributed by atoms with Crippen LogP contribution >= 0.6 is 34.0 Å². The van der Waals surface area contributed by atoms with Crippen molar-refractivity contribution in [1.29, 1.82) is 0 Å². The smallest absolute Gasteiger partial charge is 0.160 e. The molecular formula is C114H71N7S3. The number of hydrogen-bond donors (Lipinski definition) is 0. The molecule has 25 aromatic rings. The van der Waals surface area contributed by atoms with Crippen molar-refractivity contribution in [2.45, 2.75) is 0 Å². The Hall–Kier alpha value is -15.6. The van der Waals surface area contributed by atoms with E-state index in [9.17, 15) is 0 Å². The number of fused-ring (bicyclic) bond motifs is 15. The topological polar surface area (TPSA) is 82.3 Å². The largest absolute Gasteiger partial charge is 0.309 e. The van der Waals surface area contributed by atoms with Gasteiger partial charge in [-0.15, -0.1) is 34.0 Å². The Morgan fingerprint density at radius 2 is 0.573 bits per heavy atom. The molecule has 0 aliphatic carbocycles. The van der Waals surface area contributed by atoms with E-state index in [1.54, 1.807) is 0 Å². The molecule has 8 aromatic heterocycles. The fourth-order valence-electron chi connectivity index (χ4n) is 17.5. The number of hydrogen-bond acceptors (Lipinski definition) is 9. The summed E-state index contributed by atoms with van der Waals surface area (Å²) >= 11 is 5.51. The zero-order chi connectivity index (χ0) is 82.0. The highest BCUT2D eigenvalue weighted by Gasteiger charge is 2.21. The zero-order valence-corrected chi connectivity index (χ0v) is 69.3. The van der Waals surface area contributed by atoms with Gasteiger partial charge in [-0.25, -0.2) is 24.9 Å². The van der Waals surface area contributed by atoms with Crippen molar-refractivity contribution in [3.05, 3.63) is 431 Å². The first-order valence-electron chi connectivity index (χ1n) is 41.6. The van der Waals surface area contributed by atoms with Crippen LogP contribution in [0.15, 0.2) is 431 Å². The van der Waals surface area contributed by atoms with E-state index in [0.29, 0.717) is 0 Å². The van der Waals surface area contributed by atoms with E-state index in [4.69, 9.17) is 29.9 Å². The Kier molecular flexibility index (Phi) is 18.7. The van der Waals surface area contributed by atoms with Crippen LogP contribution in [0.1, 0.15) is 0 Å². The first-order valence-corrected chi connectivity index (χ1v) is 44.0. The standard InChI is InChI=1S/C38H23N3S.2C38H24N2S/c1-2-9-26(10-3-1)41-34-14-6-4-11-27(34)28-18-17-25(21-35(28)41)38-31-13-8-20-39-33(31)23-32(40-38)24-16-19-30-29-12-5-7-15-36(29)42-37(30)22-24;1-3-9-27(10-4-1)37-32-21-19-30(24-34(32)39-38(40-37)28-11-5-2-6-12-28)26-17-15-25(16-18-26)29-20-22-36-33(23-29)31-13-7-8-14-35(31)41-36;1-2-9-25(10-3-1)28-11-8-12-29(23-28)26-17-19-27(20-18-26)37-38(40-34-15-6-5-14-33(34)39-37)30-21-22-32-31-13-4-7-16-35(31)41-36(32)24-30/h1-23H;2*1-24H. The predicted octanol–water partition coefficient (Wildman–Crippen LogP) is 31.8. The van der Waals surface area contributed by atoms with Crippen molar-refractivity contribution in [1.82, 2.24) is 34.5 Å². The number of pyridine rings is 2. The van der Waals surface area contributed by atoms with Gasteiger partial charge in [0.25, 0.3) is 0 Å². The van der Waals surface area contributed by atoms with E-state index >= 15 is 0 Å². The van der Waals surface area contributed by atoms with Crippen LogP contribution in [0.2, 0.25) is 0 Å². The Balaban J connectivity index is 0.000000107. The number of aromatic nitrogens is 7. The molecule has 0 aliphatic heterocycles. The summed E-state index contributed by atoms with van der Waals surface area (Å²) in [5.41, 5.74) is 27.8. The minimum atomic E-state index is 0.737. The molecule has 0 amide bonds. The molecule has 0 aliphatic rings. The Morgan fingerprint density at radius 1 is 0.177 bits per heavy atom. The second kappa shape index (κ2) is 31.5. The van der Waals surface area contributed by atoms with Gasteiger partial charge in [0.05, 0.1) is 61.6 Å². The van der Waals surface area contributed by atoms with Crippen LogP contribution in [-0.2, 0) is 0 Å². The van der Waals surface area contributed by atoms with Crippen LogP contribution in [0.3, 0.4) is 0 Å². The quantitative estimate of drug-likeness (QED) is 0.128. The Morgan fingerprint density at radius 3 is 1.22 bits per heavy atom. The summed E-state index contributed by atoms with van der Waals surface area (Å²) in [6.45, 7) is 0. The molecule has 124 heavy (non-hydrogen) atoms. The third-order valence-corrected chi connectivity index (χ3v) is 27.0. The van der Waals surface area contributed by atoms with Gasteiger partial charge in [-0.05, 0) is 160 Å². The van der Waals surface area contributed by atoms with Crippen LogP contribution in [-0.4, -0.2) is 34.5 Å². The van der Waals surface area contributed by atoms with Gasteiger partial charge in [-0.3, -0.25) is 4.98 Å².